The van der Waals surface area contributed by atoms with Crippen molar-refractivity contribution in [3.05, 3.63) is 29.8 Å². The molecule has 0 bridgehead atoms. The van der Waals surface area contributed by atoms with Crippen LogP contribution >= 0.6 is 0 Å². The molecule has 9 heteroatoms. The molecule has 30 heavy (non-hydrogen) atoms. The fourth-order valence-corrected chi connectivity index (χ4v) is 6.42. The lowest BCUT2D eigenvalue weighted by Crippen LogP contribution is -2.48. The van der Waals surface area contributed by atoms with Crippen molar-refractivity contribution < 1.29 is 22.0 Å². The van der Waals surface area contributed by atoms with Crippen LogP contribution in [0.3, 0.4) is 0 Å². The molecule has 1 atom stereocenters. The predicted molar refractivity (Wildman–Crippen MR) is 108 cm³/mol. The van der Waals surface area contributed by atoms with Crippen molar-refractivity contribution in [1.29, 1.82) is 0 Å². The van der Waals surface area contributed by atoms with Crippen LogP contribution in [0.1, 0.15) is 38.5 Å². The van der Waals surface area contributed by atoms with Crippen LogP contribution in [-0.4, -0.2) is 73.7 Å². The number of amides is 1. The normalized spacial score (nSPS) is 24.6. The van der Waals surface area contributed by atoms with Crippen LogP contribution in [0.15, 0.2) is 23.1 Å². The number of rotatable bonds is 5. The summed E-state index contributed by atoms with van der Waals surface area (Å²) in [7, 11) is -3.90. The minimum absolute atomic E-state index is 0.140. The number of sulfonamides is 1. The highest BCUT2D eigenvalue weighted by Gasteiger charge is 2.38. The molecule has 0 spiro atoms. The van der Waals surface area contributed by atoms with Gasteiger partial charge in [0.15, 0.2) is 11.6 Å². The second kappa shape index (κ2) is 8.88. The standard InChI is InChI=1S/C21H29F2N3O3S/c22-19-6-5-18(14-20(19)23)30(28,29)25-12-7-16(8-13-25)21(27)26-11-3-4-17(26)15-24-9-1-2-10-24/h5-6,14,16-17H,1-4,7-13,15H2. The Labute approximate surface area is 176 Å². The molecule has 3 heterocycles. The first-order valence-corrected chi connectivity index (χ1v) is 12.3. The van der Waals surface area contributed by atoms with Crippen LogP contribution in [-0.2, 0) is 14.8 Å². The SMILES string of the molecule is O=C(C1CCN(S(=O)(=O)c2ccc(F)c(F)c2)CC1)N1CCCC1CN1CCCC1. The molecule has 1 aromatic carbocycles. The number of carbonyl (C=O) groups is 1. The summed E-state index contributed by atoms with van der Waals surface area (Å²) in [6, 6.07) is 2.89. The van der Waals surface area contributed by atoms with Gasteiger partial charge in [0, 0.05) is 38.1 Å². The monoisotopic (exact) mass is 441 g/mol. The number of hydrogen-bond acceptors (Lipinski definition) is 4. The van der Waals surface area contributed by atoms with E-state index >= 15 is 0 Å². The first-order valence-electron chi connectivity index (χ1n) is 10.8. The van der Waals surface area contributed by atoms with E-state index in [1.807, 2.05) is 4.90 Å². The molecule has 4 rings (SSSR count). The van der Waals surface area contributed by atoms with Gasteiger partial charge in [0.2, 0.25) is 15.9 Å². The number of hydrogen-bond donors (Lipinski definition) is 0. The fraction of sp³-hybridized carbons (Fsp3) is 0.667. The number of halogens is 2. The maximum atomic E-state index is 13.5. The second-order valence-electron chi connectivity index (χ2n) is 8.59. The highest BCUT2D eigenvalue weighted by atomic mass is 32.2. The van der Waals surface area contributed by atoms with Gasteiger partial charge in [0.25, 0.3) is 0 Å². The van der Waals surface area contributed by atoms with Crippen LogP contribution in [0.4, 0.5) is 8.78 Å². The number of likely N-dealkylation sites (tertiary alicyclic amines) is 2. The van der Waals surface area contributed by atoms with Gasteiger partial charge in [-0.25, -0.2) is 17.2 Å². The summed E-state index contributed by atoms with van der Waals surface area (Å²) >= 11 is 0. The van der Waals surface area contributed by atoms with Gasteiger partial charge in [-0.2, -0.15) is 4.31 Å². The quantitative estimate of drug-likeness (QED) is 0.704. The number of carbonyl (C=O) groups excluding carboxylic acids is 1. The van der Waals surface area contributed by atoms with Gasteiger partial charge in [-0.1, -0.05) is 0 Å². The van der Waals surface area contributed by atoms with E-state index in [4.69, 9.17) is 0 Å². The molecule has 1 amide bonds. The zero-order chi connectivity index (χ0) is 21.3. The maximum absolute atomic E-state index is 13.5. The van der Waals surface area contributed by atoms with Crippen molar-refractivity contribution in [2.75, 3.05) is 39.3 Å². The van der Waals surface area contributed by atoms with Crippen molar-refractivity contribution in [3.8, 4) is 0 Å². The van der Waals surface area contributed by atoms with E-state index in [0.29, 0.717) is 12.8 Å². The highest BCUT2D eigenvalue weighted by molar-refractivity contribution is 7.89. The lowest BCUT2D eigenvalue weighted by molar-refractivity contribution is -0.137. The lowest BCUT2D eigenvalue weighted by atomic mass is 9.96. The van der Waals surface area contributed by atoms with E-state index < -0.39 is 21.7 Å². The molecule has 1 unspecified atom stereocenters. The maximum Gasteiger partial charge on any atom is 0.243 e. The molecular weight excluding hydrogens is 412 g/mol. The van der Waals surface area contributed by atoms with Crippen molar-refractivity contribution >= 4 is 15.9 Å². The Morgan fingerprint density at radius 3 is 2.30 bits per heavy atom. The van der Waals surface area contributed by atoms with Crippen LogP contribution < -0.4 is 0 Å². The summed E-state index contributed by atoms with van der Waals surface area (Å²) in [6.45, 7) is 4.36. The van der Waals surface area contributed by atoms with Gasteiger partial charge >= 0.3 is 0 Å². The summed E-state index contributed by atoms with van der Waals surface area (Å²) in [6.07, 6.45) is 5.42. The van der Waals surface area contributed by atoms with Gasteiger partial charge in [-0.05, 0) is 69.8 Å². The lowest BCUT2D eigenvalue weighted by Gasteiger charge is -2.35. The van der Waals surface area contributed by atoms with Gasteiger partial charge < -0.3 is 9.80 Å². The third-order valence-electron chi connectivity index (χ3n) is 6.66. The van der Waals surface area contributed by atoms with Crippen LogP contribution in [0.5, 0.6) is 0 Å². The minimum atomic E-state index is -3.90. The summed E-state index contributed by atoms with van der Waals surface area (Å²) in [5.41, 5.74) is 0. The molecule has 6 nitrogen and oxygen atoms in total. The van der Waals surface area contributed by atoms with E-state index in [2.05, 4.69) is 4.90 Å². The molecule has 0 saturated carbocycles. The molecule has 3 aliphatic rings. The Hall–Kier alpha value is -1.58. The molecule has 0 aliphatic carbocycles. The molecule has 3 saturated heterocycles. The zero-order valence-corrected chi connectivity index (χ0v) is 17.9. The summed E-state index contributed by atoms with van der Waals surface area (Å²) in [4.78, 5) is 17.3. The van der Waals surface area contributed by atoms with Gasteiger partial charge in [0.05, 0.1) is 4.90 Å². The third kappa shape index (κ3) is 4.38. The molecule has 3 fully saturated rings. The largest absolute Gasteiger partial charge is 0.338 e. The van der Waals surface area contributed by atoms with Gasteiger partial charge in [0.1, 0.15) is 0 Å². The van der Waals surface area contributed by atoms with E-state index in [-0.39, 0.29) is 35.9 Å². The van der Waals surface area contributed by atoms with Gasteiger partial charge in [-0.15, -0.1) is 0 Å². The topological polar surface area (TPSA) is 60.9 Å². The Kier molecular flexibility index (Phi) is 6.41. The van der Waals surface area contributed by atoms with Crippen molar-refractivity contribution in [2.45, 2.75) is 49.5 Å². The Bertz CT molecular complexity index is 881. The highest BCUT2D eigenvalue weighted by Crippen LogP contribution is 2.29. The van der Waals surface area contributed by atoms with Crippen LogP contribution in [0, 0.1) is 17.6 Å². The summed E-state index contributed by atoms with van der Waals surface area (Å²) < 4.78 is 53.4. The molecule has 0 radical (unpaired) electrons. The van der Waals surface area contributed by atoms with E-state index in [1.165, 1.54) is 17.1 Å². The molecule has 3 aliphatic heterocycles. The predicted octanol–water partition coefficient (Wildman–Crippen LogP) is 2.45. The second-order valence-corrected chi connectivity index (χ2v) is 10.5. The number of nitrogens with zero attached hydrogens (tertiary/aromatic N) is 3. The first kappa shape index (κ1) is 21.6. The number of benzene rings is 1. The third-order valence-corrected chi connectivity index (χ3v) is 8.55. The molecule has 0 N–H and O–H groups in total. The van der Waals surface area contributed by atoms with Gasteiger partial charge in [-0.3, -0.25) is 4.79 Å². The smallest absolute Gasteiger partial charge is 0.243 e. The molecule has 1 aromatic rings. The van der Waals surface area contributed by atoms with E-state index in [9.17, 15) is 22.0 Å². The Morgan fingerprint density at radius 2 is 1.63 bits per heavy atom. The number of piperidine rings is 1. The van der Waals surface area contributed by atoms with E-state index in [0.717, 1.165) is 57.2 Å². The fourth-order valence-electron chi connectivity index (χ4n) is 4.94. The first-order chi connectivity index (χ1) is 14.4. The molecule has 166 valence electrons. The average molecular weight is 442 g/mol. The Morgan fingerprint density at radius 1 is 0.933 bits per heavy atom. The average Bonchev–Trinajstić information content (AvgIpc) is 3.42. The molecule has 0 aromatic heterocycles. The van der Waals surface area contributed by atoms with E-state index in [1.54, 1.807) is 0 Å². The Balaban J connectivity index is 1.36. The van der Waals surface area contributed by atoms with Crippen molar-refractivity contribution in [2.24, 2.45) is 5.92 Å². The minimum Gasteiger partial charge on any atom is -0.338 e. The summed E-state index contributed by atoms with van der Waals surface area (Å²) in [5, 5.41) is 0. The molecular formula is C21H29F2N3O3S. The zero-order valence-electron chi connectivity index (χ0n) is 17.1. The summed E-state index contributed by atoms with van der Waals surface area (Å²) in [5.74, 6) is -2.30. The van der Waals surface area contributed by atoms with Crippen molar-refractivity contribution in [3.63, 3.8) is 0 Å². The van der Waals surface area contributed by atoms with Crippen LogP contribution in [0.2, 0.25) is 0 Å². The van der Waals surface area contributed by atoms with Crippen molar-refractivity contribution in [1.82, 2.24) is 14.1 Å². The van der Waals surface area contributed by atoms with Crippen LogP contribution in [0.25, 0.3) is 0 Å².